The highest BCUT2D eigenvalue weighted by molar-refractivity contribution is 5.96. The van der Waals surface area contributed by atoms with Crippen LogP contribution < -0.4 is 9.80 Å². The summed E-state index contributed by atoms with van der Waals surface area (Å²) in [5, 5.41) is 3.95. The minimum Gasteiger partial charge on any atom is -0.380 e. The van der Waals surface area contributed by atoms with Crippen molar-refractivity contribution < 1.29 is 9.26 Å². The van der Waals surface area contributed by atoms with Gasteiger partial charge in [0, 0.05) is 88.7 Å². The maximum absolute atomic E-state index is 5.79. The third kappa shape index (κ3) is 24.2. The maximum atomic E-state index is 5.79. The predicted molar refractivity (Wildman–Crippen MR) is 252 cm³/mol. The quantitative estimate of drug-likeness (QED) is 0.134. The minimum atomic E-state index is 0.840. The van der Waals surface area contributed by atoms with Crippen LogP contribution in [0.1, 0.15) is 119 Å². The van der Waals surface area contributed by atoms with Gasteiger partial charge >= 0.3 is 0 Å². The van der Waals surface area contributed by atoms with E-state index >= 15 is 0 Å². The Labute approximate surface area is 351 Å². The molecule has 0 saturated carbocycles. The first-order valence-corrected chi connectivity index (χ1v) is 23.0. The summed E-state index contributed by atoms with van der Waals surface area (Å²) in [6, 6.07) is 21.6. The lowest BCUT2D eigenvalue weighted by Crippen LogP contribution is -2.47. The fourth-order valence-electron chi connectivity index (χ4n) is 6.44. The number of nitrogens with zero attached hydrogens (tertiary/aromatic N) is 6. The Hall–Kier alpha value is -3.46. The molecule has 1 aromatic heterocycles. The predicted octanol–water partition coefficient (Wildman–Crippen LogP) is 11.7. The van der Waals surface area contributed by atoms with Gasteiger partial charge in [0.1, 0.15) is 6.26 Å². The highest BCUT2D eigenvalue weighted by atomic mass is 16.5. The van der Waals surface area contributed by atoms with E-state index in [0.29, 0.717) is 0 Å². The van der Waals surface area contributed by atoms with Gasteiger partial charge in [0.15, 0.2) is 0 Å². The van der Waals surface area contributed by atoms with Gasteiger partial charge in [-0.3, -0.25) is 14.8 Å². The van der Waals surface area contributed by atoms with Crippen molar-refractivity contribution in [2.24, 2.45) is 4.99 Å². The minimum absolute atomic E-state index is 0.840. The van der Waals surface area contributed by atoms with E-state index in [1.807, 2.05) is 75.3 Å². The molecule has 3 aliphatic heterocycles. The number of para-hydroxylation sites is 1. The molecule has 0 amide bonds. The van der Waals surface area contributed by atoms with E-state index in [1.54, 1.807) is 6.26 Å². The first kappa shape index (κ1) is 53.5. The van der Waals surface area contributed by atoms with Crippen molar-refractivity contribution in [1.82, 2.24) is 15.0 Å². The second kappa shape index (κ2) is 38.1. The lowest BCUT2D eigenvalue weighted by molar-refractivity contribution is 0.101. The van der Waals surface area contributed by atoms with Crippen LogP contribution in [0.15, 0.2) is 88.6 Å². The molecule has 4 heterocycles. The molecule has 2 saturated heterocycles. The number of aliphatic imine (C=N–C) groups is 1. The zero-order valence-electron chi connectivity index (χ0n) is 38.6. The van der Waals surface area contributed by atoms with E-state index in [-0.39, 0.29) is 0 Å². The van der Waals surface area contributed by atoms with E-state index in [0.717, 1.165) is 90.5 Å². The normalized spacial score (nSPS) is 14.6. The largest absolute Gasteiger partial charge is 0.380 e. The summed E-state index contributed by atoms with van der Waals surface area (Å²) < 4.78 is 10.6. The number of rotatable bonds is 16. The van der Waals surface area contributed by atoms with Crippen molar-refractivity contribution in [1.29, 1.82) is 0 Å². The standard InChI is InChI=1S/C20H29N3O.C19H27N3O.5C2H6/c1-18-6-8-20(9-7-18)23-13-11-22(12-14-23)15-17-24-16-3-5-19-4-2-10-21-19;1(4-8-18-11-17-23-20-18)2-7-12-21-13-15-22(16-14-21)19-9-5-3-6-10-19;5*1-2/h2,4,6-9H,3,5,10-17H2,1H3;3,5-6,9-11,17H,1-2,4,7-8,12-16H2;5*1-2H3. The molecule has 0 atom stereocenters. The SMILES string of the molecule is CC.CC.CC.CC.CC.Cc1ccc(N2CCN(CCOCCCC3=NCC=C3)CC2)cc1.c1ccc(N2CCN(CCCCCCc3ccon3)CC2)cc1. The fourth-order valence-corrected chi connectivity index (χ4v) is 6.44. The van der Waals surface area contributed by atoms with Crippen LogP contribution in [0.2, 0.25) is 0 Å². The van der Waals surface area contributed by atoms with Crippen molar-refractivity contribution in [3.63, 3.8) is 0 Å². The zero-order valence-corrected chi connectivity index (χ0v) is 38.6. The van der Waals surface area contributed by atoms with Gasteiger partial charge in [-0.25, -0.2) is 0 Å². The van der Waals surface area contributed by atoms with E-state index in [4.69, 9.17) is 9.26 Å². The highest BCUT2D eigenvalue weighted by Crippen LogP contribution is 2.18. The Bertz CT molecular complexity index is 1300. The molecule has 8 heteroatoms. The Morgan fingerprint density at radius 2 is 1.12 bits per heavy atom. The Kier molecular flexibility index (Phi) is 35.8. The van der Waals surface area contributed by atoms with E-state index < -0.39 is 0 Å². The Morgan fingerprint density at radius 1 is 0.561 bits per heavy atom. The fraction of sp³-hybridized carbons (Fsp3) is 0.633. The van der Waals surface area contributed by atoms with Crippen LogP contribution in [0.4, 0.5) is 11.4 Å². The van der Waals surface area contributed by atoms with Gasteiger partial charge in [-0.15, -0.1) is 0 Å². The molecule has 0 N–H and O–H groups in total. The highest BCUT2D eigenvalue weighted by Gasteiger charge is 2.17. The average Bonchev–Trinajstić information content (AvgIpc) is 4.04. The molecule has 6 rings (SSSR count). The van der Waals surface area contributed by atoms with Gasteiger partial charge in [0.25, 0.3) is 0 Å². The molecule has 8 nitrogen and oxygen atoms in total. The number of aromatic nitrogens is 1. The van der Waals surface area contributed by atoms with Crippen LogP contribution >= 0.6 is 0 Å². The second-order valence-corrected chi connectivity index (χ2v) is 12.9. The Morgan fingerprint density at radius 3 is 1.67 bits per heavy atom. The third-order valence-electron chi connectivity index (χ3n) is 9.40. The lowest BCUT2D eigenvalue weighted by Gasteiger charge is -2.36. The van der Waals surface area contributed by atoms with Gasteiger partial charge in [-0.2, -0.15) is 0 Å². The molecule has 2 fully saturated rings. The van der Waals surface area contributed by atoms with Gasteiger partial charge < -0.3 is 19.1 Å². The number of unbranched alkanes of at least 4 members (excludes halogenated alkanes) is 3. The molecule has 0 spiro atoms. The number of hydrogen-bond acceptors (Lipinski definition) is 8. The number of anilines is 2. The first-order valence-electron chi connectivity index (χ1n) is 23.0. The summed E-state index contributed by atoms with van der Waals surface area (Å²) in [4.78, 5) is 14.5. The van der Waals surface area contributed by atoms with Crippen LogP contribution in [0.5, 0.6) is 0 Å². The van der Waals surface area contributed by atoms with Gasteiger partial charge in [0.2, 0.25) is 0 Å². The Balaban J connectivity index is 0.000000904. The molecular formula is C49H86N6O2. The summed E-state index contributed by atoms with van der Waals surface area (Å²) in [6.45, 7) is 36.1. The summed E-state index contributed by atoms with van der Waals surface area (Å²) in [7, 11) is 0. The molecule has 2 aromatic carbocycles. The number of allylic oxidation sites excluding steroid dienone is 1. The molecule has 3 aliphatic rings. The first-order chi connectivity index (χ1) is 28.2. The summed E-state index contributed by atoms with van der Waals surface area (Å²) in [5.41, 5.74) is 6.35. The van der Waals surface area contributed by atoms with Crippen molar-refractivity contribution >= 4 is 17.1 Å². The van der Waals surface area contributed by atoms with Crippen LogP contribution in [0.25, 0.3) is 0 Å². The van der Waals surface area contributed by atoms with Crippen molar-refractivity contribution in [3.05, 3.63) is 90.3 Å². The number of hydrogen-bond donors (Lipinski definition) is 0. The smallest absolute Gasteiger partial charge is 0.124 e. The molecule has 57 heavy (non-hydrogen) atoms. The van der Waals surface area contributed by atoms with Crippen LogP contribution in [-0.4, -0.2) is 106 Å². The molecule has 0 unspecified atom stereocenters. The molecule has 0 bridgehead atoms. The number of aryl methyl sites for hydroxylation is 2. The van der Waals surface area contributed by atoms with Gasteiger partial charge in [0.05, 0.1) is 18.8 Å². The molecule has 3 aromatic rings. The third-order valence-corrected chi connectivity index (χ3v) is 9.40. The van der Waals surface area contributed by atoms with Crippen LogP contribution in [0, 0.1) is 6.92 Å². The second-order valence-electron chi connectivity index (χ2n) is 12.9. The zero-order chi connectivity index (χ0) is 42.4. The van der Waals surface area contributed by atoms with E-state index in [1.165, 1.54) is 68.0 Å². The summed E-state index contributed by atoms with van der Waals surface area (Å²) in [6.07, 6.45) is 14.2. The van der Waals surface area contributed by atoms with E-state index in [2.05, 4.69) is 103 Å². The van der Waals surface area contributed by atoms with Crippen molar-refractivity contribution in [2.75, 3.05) is 95.0 Å². The van der Waals surface area contributed by atoms with Crippen LogP contribution in [-0.2, 0) is 11.2 Å². The average molecular weight is 791 g/mol. The molecule has 0 aliphatic carbocycles. The van der Waals surface area contributed by atoms with Crippen molar-refractivity contribution in [2.45, 2.75) is 121 Å². The number of piperazine rings is 2. The van der Waals surface area contributed by atoms with Crippen LogP contribution in [0.3, 0.4) is 0 Å². The molecular weight excluding hydrogens is 705 g/mol. The topological polar surface area (TPSA) is 60.6 Å². The molecule has 324 valence electrons. The summed E-state index contributed by atoms with van der Waals surface area (Å²) in [5.74, 6) is 0. The van der Waals surface area contributed by atoms with Gasteiger partial charge in [-0.1, -0.05) is 129 Å². The monoisotopic (exact) mass is 791 g/mol. The van der Waals surface area contributed by atoms with E-state index in [9.17, 15) is 0 Å². The van der Waals surface area contributed by atoms with Crippen molar-refractivity contribution in [3.8, 4) is 0 Å². The summed E-state index contributed by atoms with van der Waals surface area (Å²) >= 11 is 0. The number of benzene rings is 2. The lowest BCUT2D eigenvalue weighted by atomic mass is 10.1. The van der Waals surface area contributed by atoms with Gasteiger partial charge in [-0.05, 0) is 75.9 Å². The number of ether oxygens (including phenoxy) is 1. The molecule has 0 radical (unpaired) electrons. The maximum Gasteiger partial charge on any atom is 0.124 e.